The summed E-state index contributed by atoms with van der Waals surface area (Å²) in [6.45, 7) is 3.76. The largest absolute Gasteiger partial charge is 0.292 e. The summed E-state index contributed by atoms with van der Waals surface area (Å²) in [5.74, 6) is 0. The van der Waals surface area contributed by atoms with Crippen molar-refractivity contribution in [2.24, 2.45) is 0 Å². The van der Waals surface area contributed by atoms with Crippen LogP contribution in [0.1, 0.15) is 11.4 Å². The maximum atomic E-state index is 12.5. The Labute approximate surface area is 136 Å². The third-order valence-electron chi connectivity index (χ3n) is 3.19. The summed E-state index contributed by atoms with van der Waals surface area (Å²) >= 11 is 12.2. The minimum absolute atomic E-state index is 0.0566. The van der Waals surface area contributed by atoms with Gasteiger partial charge < -0.3 is 0 Å². The lowest BCUT2D eigenvalue weighted by molar-refractivity contribution is 0.767. The van der Waals surface area contributed by atoms with Gasteiger partial charge in [-0.3, -0.25) is 4.79 Å². The van der Waals surface area contributed by atoms with Gasteiger partial charge in [0.2, 0.25) is 0 Å². The Kier molecular flexibility index (Phi) is 3.76. The van der Waals surface area contributed by atoms with E-state index in [1.165, 1.54) is 10.9 Å². The van der Waals surface area contributed by atoms with Crippen molar-refractivity contribution >= 4 is 23.2 Å². The first-order chi connectivity index (χ1) is 10.5. The van der Waals surface area contributed by atoms with Crippen LogP contribution in [-0.4, -0.2) is 19.6 Å². The number of benzene rings is 1. The Morgan fingerprint density at radius 3 is 2.50 bits per heavy atom. The van der Waals surface area contributed by atoms with Gasteiger partial charge >= 0.3 is 0 Å². The molecule has 0 N–H and O–H groups in total. The molecule has 0 aliphatic heterocycles. The summed E-state index contributed by atoms with van der Waals surface area (Å²) in [6.07, 6.45) is 1.52. The molecule has 0 saturated heterocycles. The quantitative estimate of drug-likeness (QED) is 0.722. The Morgan fingerprint density at radius 2 is 1.86 bits per heavy atom. The first kappa shape index (κ1) is 14.8. The lowest BCUT2D eigenvalue weighted by atomic mass is 10.3. The molecule has 1 aromatic carbocycles. The van der Waals surface area contributed by atoms with Crippen molar-refractivity contribution in [3.8, 4) is 11.4 Å². The summed E-state index contributed by atoms with van der Waals surface area (Å²) in [5, 5.41) is 9.07. The van der Waals surface area contributed by atoms with E-state index in [0.29, 0.717) is 16.4 Å². The summed E-state index contributed by atoms with van der Waals surface area (Å²) in [7, 11) is 0. The minimum Gasteiger partial charge on any atom is -0.266 e. The molecule has 0 aliphatic carbocycles. The van der Waals surface area contributed by atoms with Crippen molar-refractivity contribution in [3.63, 3.8) is 0 Å². The van der Waals surface area contributed by atoms with Crippen LogP contribution >= 0.6 is 23.2 Å². The van der Waals surface area contributed by atoms with Gasteiger partial charge in [0.05, 0.1) is 17.6 Å². The van der Waals surface area contributed by atoms with Crippen LogP contribution in [0.3, 0.4) is 0 Å². The summed E-state index contributed by atoms with van der Waals surface area (Å²) in [6, 6.07) is 8.75. The van der Waals surface area contributed by atoms with E-state index in [1.54, 1.807) is 28.9 Å². The molecular formula is C15H12Cl2N4O. The second-order valence-electron chi connectivity index (χ2n) is 4.88. The molecule has 0 amide bonds. The third-order valence-corrected chi connectivity index (χ3v) is 3.78. The first-order valence-electron chi connectivity index (χ1n) is 6.55. The Hall–Kier alpha value is -2.11. The number of aryl methyl sites for hydroxylation is 2. The number of hydrogen-bond donors (Lipinski definition) is 0. The molecule has 0 spiro atoms. The average molecular weight is 335 g/mol. The van der Waals surface area contributed by atoms with Crippen LogP contribution in [0.25, 0.3) is 11.4 Å². The van der Waals surface area contributed by atoms with E-state index in [0.717, 1.165) is 11.4 Å². The van der Waals surface area contributed by atoms with Crippen molar-refractivity contribution < 1.29 is 0 Å². The maximum Gasteiger partial charge on any atom is 0.292 e. The van der Waals surface area contributed by atoms with Gasteiger partial charge in [0, 0.05) is 10.7 Å². The molecule has 2 aromatic heterocycles. The molecule has 22 heavy (non-hydrogen) atoms. The fourth-order valence-corrected chi connectivity index (χ4v) is 2.63. The van der Waals surface area contributed by atoms with Crippen molar-refractivity contribution in [2.45, 2.75) is 13.8 Å². The van der Waals surface area contributed by atoms with E-state index in [4.69, 9.17) is 23.2 Å². The molecular weight excluding hydrogens is 323 g/mol. The number of nitrogens with zero attached hydrogens (tertiary/aromatic N) is 4. The fraction of sp³-hybridized carbons (Fsp3) is 0.133. The molecule has 2 heterocycles. The van der Waals surface area contributed by atoms with Crippen molar-refractivity contribution in [3.05, 3.63) is 68.3 Å². The molecule has 0 fully saturated rings. The zero-order valence-electron chi connectivity index (χ0n) is 11.9. The van der Waals surface area contributed by atoms with Gasteiger partial charge in [-0.25, -0.2) is 4.68 Å². The van der Waals surface area contributed by atoms with Gasteiger partial charge in [0.25, 0.3) is 5.56 Å². The monoisotopic (exact) mass is 334 g/mol. The van der Waals surface area contributed by atoms with Crippen LogP contribution in [0.15, 0.2) is 41.3 Å². The highest BCUT2D eigenvalue weighted by Crippen LogP contribution is 2.19. The maximum absolute atomic E-state index is 12.5. The normalized spacial score (nSPS) is 10.9. The second kappa shape index (κ2) is 5.59. The molecule has 3 aromatic rings. The highest BCUT2D eigenvalue weighted by atomic mass is 35.5. The zero-order valence-corrected chi connectivity index (χ0v) is 13.4. The van der Waals surface area contributed by atoms with Crippen LogP contribution in [0, 0.1) is 13.8 Å². The predicted octanol–water partition coefficient (Wildman–Crippen LogP) is 3.34. The molecule has 7 heteroatoms. The van der Waals surface area contributed by atoms with E-state index >= 15 is 0 Å². The molecule has 0 unspecified atom stereocenters. The number of rotatable bonds is 2. The Bertz CT molecular complexity index is 914. The van der Waals surface area contributed by atoms with E-state index in [-0.39, 0.29) is 5.02 Å². The van der Waals surface area contributed by atoms with Crippen LogP contribution in [0.5, 0.6) is 0 Å². The minimum atomic E-state index is -0.422. The van der Waals surface area contributed by atoms with E-state index in [2.05, 4.69) is 10.2 Å². The molecule has 3 rings (SSSR count). The molecule has 112 valence electrons. The van der Waals surface area contributed by atoms with Crippen molar-refractivity contribution in [1.82, 2.24) is 19.6 Å². The smallest absolute Gasteiger partial charge is 0.266 e. The molecule has 0 saturated carbocycles. The van der Waals surface area contributed by atoms with Gasteiger partial charge in [-0.1, -0.05) is 29.3 Å². The van der Waals surface area contributed by atoms with E-state index < -0.39 is 5.56 Å². The van der Waals surface area contributed by atoms with Crippen LogP contribution in [-0.2, 0) is 0 Å². The van der Waals surface area contributed by atoms with Gasteiger partial charge in [-0.2, -0.15) is 14.9 Å². The molecule has 0 bridgehead atoms. The lowest BCUT2D eigenvalue weighted by Gasteiger charge is -2.09. The first-order valence-corrected chi connectivity index (χ1v) is 7.30. The molecule has 0 aliphatic rings. The van der Waals surface area contributed by atoms with Crippen molar-refractivity contribution in [2.75, 3.05) is 0 Å². The molecule has 0 radical (unpaired) electrons. The van der Waals surface area contributed by atoms with Gasteiger partial charge in [0.15, 0.2) is 0 Å². The lowest BCUT2D eigenvalue weighted by Crippen LogP contribution is -2.23. The SMILES string of the molecule is Cc1cc(C)n(-c2cnn(-c3cccc(Cl)c3)c(=O)c2Cl)n1. The molecule has 5 nitrogen and oxygen atoms in total. The Balaban J connectivity index is 2.18. The topological polar surface area (TPSA) is 52.7 Å². The summed E-state index contributed by atoms with van der Waals surface area (Å²) in [5.41, 5.74) is 2.30. The van der Waals surface area contributed by atoms with Crippen LogP contribution < -0.4 is 5.56 Å². The van der Waals surface area contributed by atoms with Crippen molar-refractivity contribution in [1.29, 1.82) is 0 Å². The standard InChI is InChI=1S/C15H12Cl2N4O/c1-9-6-10(2)20(19-9)13-8-18-21(15(22)14(13)17)12-5-3-4-11(16)7-12/h3-8H,1-2H3. The molecule has 0 atom stereocenters. The van der Waals surface area contributed by atoms with Gasteiger partial charge in [0.1, 0.15) is 10.7 Å². The van der Waals surface area contributed by atoms with Crippen LogP contribution in [0.4, 0.5) is 0 Å². The zero-order chi connectivity index (χ0) is 15.9. The average Bonchev–Trinajstić information content (AvgIpc) is 2.80. The van der Waals surface area contributed by atoms with E-state index in [1.807, 2.05) is 19.9 Å². The number of halogens is 2. The predicted molar refractivity (Wildman–Crippen MR) is 86.5 cm³/mol. The third kappa shape index (κ3) is 2.53. The second-order valence-corrected chi connectivity index (χ2v) is 5.69. The highest BCUT2D eigenvalue weighted by Gasteiger charge is 2.14. The van der Waals surface area contributed by atoms with Crippen LogP contribution in [0.2, 0.25) is 10.0 Å². The number of hydrogen-bond acceptors (Lipinski definition) is 3. The number of aromatic nitrogens is 4. The highest BCUT2D eigenvalue weighted by molar-refractivity contribution is 6.32. The van der Waals surface area contributed by atoms with Gasteiger partial charge in [-0.15, -0.1) is 0 Å². The van der Waals surface area contributed by atoms with E-state index in [9.17, 15) is 4.79 Å². The Morgan fingerprint density at radius 1 is 1.09 bits per heavy atom. The summed E-state index contributed by atoms with van der Waals surface area (Å²) < 4.78 is 2.82. The van der Waals surface area contributed by atoms with Gasteiger partial charge in [-0.05, 0) is 38.1 Å². The fourth-order valence-electron chi connectivity index (χ4n) is 2.24. The summed E-state index contributed by atoms with van der Waals surface area (Å²) in [4.78, 5) is 12.5.